The molecular formula is C14H10BrNO5. The summed E-state index contributed by atoms with van der Waals surface area (Å²) in [5, 5.41) is 20.0. The molecule has 2 aromatic carbocycles. The second-order valence-corrected chi connectivity index (χ2v) is 5.23. The second kappa shape index (κ2) is 5.92. The highest BCUT2D eigenvalue weighted by Gasteiger charge is 2.16. The normalized spacial score (nSPS) is 10.2. The number of carboxylic acid groups (broad SMARTS) is 1. The van der Waals surface area contributed by atoms with Crippen LogP contribution in [0.5, 0.6) is 11.5 Å². The van der Waals surface area contributed by atoms with Gasteiger partial charge in [-0.2, -0.15) is 0 Å². The lowest BCUT2D eigenvalue weighted by molar-refractivity contribution is -0.385. The fourth-order valence-electron chi connectivity index (χ4n) is 1.73. The maximum atomic E-state index is 11.0. The van der Waals surface area contributed by atoms with Gasteiger partial charge in [-0.1, -0.05) is 22.0 Å². The van der Waals surface area contributed by atoms with E-state index >= 15 is 0 Å². The number of halogens is 1. The van der Waals surface area contributed by atoms with Crippen molar-refractivity contribution in [3.63, 3.8) is 0 Å². The topological polar surface area (TPSA) is 89.7 Å². The number of carbonyl (C=O) groups is 1. The molecule has 0 aromatic heterocycles. The minimum Gasteiger partial charge on any atom is -0.478 e. The molecule has 0 spiro atoms. The Labute approximate surface area is 128 Å². The first-order chi connectivity index (χ1) is 9.86. The van der Waals surface area contributed by atoms with E-state index in [9.17, 15) is 14.9 Å². The Bertz CT molecular complexity index is 729. The monoisotopic (exact) mass is 351 g/mol. The molecule has 0 heterocycles. The van der Waals surface area contributed by atoms with Crippen LogP contribution >= 0.6 is 15.9 Å². The number of hydrogen-bond donors (Lipinski definition) is 1. The molecule has 2 rings (SSSR count). The number of ether oxygens (including phenoxy) is 1. The van der Waals surface area contributed by atoms with E-state index in [0.717, 1.165) is 5.56 Å². The number of nitro groups is 1. The molecule has 6 nitrogen and oxygen atoms in total. The summed E-state index contributed by atoms with van der Waals surface area (Å²) in [6.07, 6.45) is 0. The maximum Gasteiger partial charge on any atom is 0.335 e. The van der Waals surface area contributed by atoms with Gasteiger partial charge in [0.05, 0.1) is 10.5 Å². The van der Waals surface area contributed by atoms with Gasteiger partial charge < -0.3 is 9.84 Å². The first kappa shape index (κ1) is 15.0. The van der Waals surface area contributed by atoms with Crippen LogP contribution in [0.4, 0.5) is 5.69 Å². The van der Waals surface area contributed by atoms with E-state index in [-0.39, 0.29) is 22.7 Å². The SMILES string of the molecule is Cc1ccc([N+](=O)[O-])c(Oc2cc(Br)cc(C(=O)O)c2)c1. The number of benzene rings is 2. The van der Waals surface area contributed by atoms with Crippen molar-refractivity contribution < 1.29 is 19.6 Å². The van der Waals surface area contributed by atoms with Gasteiger partial charge >= 0.3 is 11.7 Å². The number of hydrogen-bond acceptors (Lipinski definition) is 4. The van der Waals surface area contributed by atoms with Crippen molar-refractivity contribution in [1.82, 2.24) is 0 Å². The number of nitro benzene ring substituents is 1. The van der Waals surface area contributed by atoms with E-state index in [1.165, 1.54) is 24.3 Å². The minimum absolute atomic E-state index is 0.0229. The van der Waals surface area contributed by atoms with E-state index in [1.807, 2.05) is 0 Å². The van der Waals surface area contributed by atoms with Gasteiger partial charge in [-0.05, 0) is 36.8 Å². The van der Waals surface area contributed by atoms with Crippen molar-refractivity contribution in [2.24, 2.45) is 0 Å². The summed E-state index contributed by atoms with van der Waals surface area (Å²) >= 11 is 3.18. The van der Waals surface area contributed by atoms with Gasteiger partial charge in [-0.3, -0.25) is 10.1 Å². The predicted octanol–water partition coefficient (Wildman–Crippen LogP) is 4.16. The summed E-state index contributed by atoms with van der Waals surface area (Å²) in [7, 11) is 0. The standard InChI is InChI=1S/C14H10BrNO5/c1-8-2-3-12(16(19)20)13(4-8)21-11-6-9(14(17)18)5-10(15)7-11/h2-7H,1H3,(H,17,18). The van der Waals surface area contributed by atoms with E-state index < -0.39 is 10.9 Å². The summed E-state index contributed by atoms with van der Waals surface area (Å²) in [6, 6.07) is 8.74. The summed E-state index contributed by atoms with van der Waals surface area (Å²) < 4.78 is 6.00. The average molecular weight is 352 g/mol. The molecule has 0 saturated carbocycles. The molecule has 1 N–H and O–H groups in total. The maximum absolute atomic E-state index is 11.0. The van der Waals surface area contributed by atoms with E-state index in [1.54, 1.807) is 19.1 Å². The van der Waals surface area contributed by atoms with Crippen LogP contribution in [0.25, 0.3) is 0 Å². The molecule has 0 aliphatic heterocycles. The lowest BCUT2D eigenvalue weighted by Gasteiger charge is -2.08. The summed E-state index contributed by atoms with van der Waals surface area (Å²) in [5.74, 6) is -0.843. The Balaban J connectivity index is 2.45. The van der Waals surface area contributed by atoms with Crippen molar-refractivity contribution in [2.75, 3.05) is 0 Å². The fraction of sp³-hybridized carbons (Fsp3) is 0.0714. The molecule has 21 heavy (non-hydrogen) atoms. The minimum atomic E-state index is -1.11. The van der Waals surface area contributed by atoms with Gasteiger partial charge in [-0.15, -0.1) is 0 Å². The third-order valence-corrected chi connectivity index (χ3v) is 3.12. The Morgan fingerprint density at radius 2 is 2.00 bits per heavy atom. The van der Waals surface area contributed by atoms with Gasteiger partial charge in [0, 0.05) is 10.5 Å². The van der Waals surface area contributed by atoms with Crippen LogP contribution in [0.2, 0.25) is 0 Å². The van der Waals surface area contributed by atoms with Crippen LogP contribution in [-0.4, -0.2) is 16.0 Å². The number of nitrogens with zero attached hydrogens (tertiary/aromatic N) is 1. The third kappa shape index (κ3) is 3.57. The Hall–Kier alpha value is -2.41. The predicted molar refractivity (Wildman–Crippen MR) is 79.0 cm³/mol. The highest BCUT2D eigenvalue weighted by atomic mass is 79.9. The zero-order valence-corrected chi connectivity index (χ0v) is 12.5. The zero-order valence-electron chi connectivity index (χ0n) is 10.9. The molecule has 2 aromatic rings. The fourth-order valence-corrected chi connectivity index (χ4v) is 2.20. The number of aryl methyl sites for hydroxylation is 1. The van der Waals surface area contributed by atoms with E-state index in [4.69, 9.17) is 9.84 Å². The smallest absolute Gasteiger partial charge is 0.335 e. The van der Waals surface area contributed by atoms with Crippen molar-refractivity contribution in [3.8, 4) is 11.5 Å². The molecule has 0 radical (unpaired) electrons. The van der Waals surface area contributed by atoms with Crippen LogP contribution in [-0.2, 0) is 0 Å². The number of aromatic carboxylic acids is 1. The van der Waals surface area contributed by atoms with Gasteiger partial charge in [0.25, 0.3) is 0 Å². The van der Waals surface area contributed by atoms with Gasteiger partial charge in [0.2, 0.25) is 5.75 Å². The first-order valence-corrected chi connectivity index (χ1v) is 6.63. The van der Waals surface area contributed by atoms with Crippen LogP contribution in [0.3, 0.4) is 0 Å². The average Bonchev–Trinajstić information content (AvgIpc) is 2.37. The first-order valence-electron chi connectivity index (χ1n) is 5.83. The summed E-state index contributed by atoms with van der Waals surface area (Å²) in [6.45, 7) is 1.78. The van der Waals surface area contributed by atoms with Gasteiger partial charge in [0.1, 0.15) is 5.75 Å². The molecule has 0 fully saturated rings. The second-order valence-electron chi connectivity index (χ2n) is 4.31. The van der Waals surface area contributed by atoms with Gasteiger partial charge in [0.15, 0.2) is 0 Å². The third-order valence-electron chi connectivity index (χ3n) is 2.66. The van der Waals surface area contributed by atoms with Crippen molar-refractivity contribution in [3.05, 3.63) is 62.1 Å². The molecule has 0 atom stereocenters. The highest BCUT2D eigenvalue weighted by molar-refractivity contribution is 9.10. The summed E-state index contributed by atoms with van der Waals surface area (Å²) in [4.78, 5) is 21.4. The Kier molecular flexibility index (Phi) is 4.23. The molecule has 0 aliphatic rings. The molecule has 0 aliphatic carbocycles. The van der Waals surface area contributed by atoms with Crippen molar-refractivity contribution >= 4 is 27.6 Å². The van der Waals surface area contributed by atoms with Crippen molar-refractivity contribution in [2.45, 2.75) is 6.92 Å². The Morgan fingerprint density at radius 1 is 1.29 bits per heavy atom. The molecule has 0 amide bonds. The number of rotatable bonds is 4. The van der Waals surface area contributed by atoms with E-state index in [2.05, 4.69) is 15.9 Å². The van der Waals surface area contributed by atoms with Crippen LogP contribution in [0.15, 0.2) is 40.9 Å². The molecule has 0 bridgehead atoms. The van der Waals surface area contributed by atoms with Crippen LogP contribution in [0.1, 0.15) is 15.9 Å². The van der Waals surface area contributed by atoms with E-state index in [0.29, 0.717) is 4.47 Å². The summed E-state index contributed by atoms with van der Waals surface area (Å²) in [5.41, 5.74) is 0.635. The highest BCUT2D eigenvalue weighted by Crippen LogP contribution is 2.33. The molecule has 7 heteroatoms. The van der Waals surface area contributed by atoms with Crippen LogP contribution in [0, 0.1) is 17.0 Å². The van der Waals surface area contributed by atoms with Crippen molar-refractivity contribution in [1.29, 1.82) is 0 Å². The molecule has 0 unspecified atom stereocenters. The quantitative estimate of drug-likeness (QED) is 0.659. The largest absolute Gasteiger partial charge is 0.478 e. The molecule has 0 saturated heterocycles. The molecule has 108 valence electrons. The lowest BCUT2D eigenvalue weighted by Crippen LogP contribution is -1.98. The zero-order chi connectivity index (χ0) is 15.6. The van der Waals surface area contributed by atoms with Crippen LogP contribution < -0.4 is 4.74 Å². The van der Waals surface area contributed by atoms with Gasteiger partial charge in [-0.25, -0.2) is 4.79 Å². The lowest BCUT2D eigenvalue weighted by atomic mass is 10.2. The Morgan fingerprint density at radius 3 is 2.62 bits per heavy atom. The molecular weight excluding hydrogens is 342 g/mol. The number of carboxylic acids is 1.